The van der Waals surface area contributed by atoms with Gasteiger partial charge in [-0.2, -0.15) is 0 Å². The molecule has 0 aliphatic heterocycles. The van der Waals surface area contributed by atoms with Crippen molar-refractivity contribution in [1.82, 2.24) is 0 Å². The summed E-state index contributed by atoms with van der Waals surface area (Å²) in [5, 5.41) is 8.31. The average molecular weight is 172 g/mol. The van der Waals surface area contributed by atoms with Crippen molar-refractivity contribution in [2.45, 2.75) is 32.6 Å². The predicted octanol–water partition coefficient (Wildman–Crippen LogP) is 1.87. The van der Waals surface area contributed by atoms with Crippen molar-refractivity contribution in [3.63, 3.8) is 0 Å². The highest BCUT2D eigenvalue weighted by atomic mass is 17.1. The fourth-order valence-corrected chi connectivity index (χ4v) is 2.04. The van der Waals surface area contributed by atoms with E-state index in [2.05, 4.69) is 4.89 Å². The lowest BCUT2D eigenvalue weighted by Gasteiger charge is -2.28. The van der Waals surface area contributed by atoms with E-state index in [4.69, 9.17) is 5.26 Å². The standard InChI is InChI=1S/C9H16O3/c1-7(10)9-5-3-2-4-8(9)6-12-11/h8-9,11H,2-6H2,1H3. The highest BCUT2D eigenvalue weighted by Gasteiger charge is 2.28. The van der Waals surface area contributed by atoms with E-state index in [-0.39, 0.29) is 17.6 Å². The number of Topliss-reactive ketones (excluding diaryl/α,β-unsaturated/α-hetero) is 1. The molecule has 0 heterocycles. The lowest BCUT2D eigenvalue weighted by Crippen LogP contribution is -2.28. The first-order valence-corrected chi connectivity index (χ1v) is 4.52. The van der Waals surface area contributed by atoms with E-state index < -0.39 is 0 Å². The minimum atomic E-state index is 0.117. The van der Waals surface area contributed by atoms with Crippen molar-refractivity contribution >= 4 is 5.78 Å². The van der Waals surface area contributed by atoms with Gasteiger partial charge in [0.1, 0.15) is 5.78 Å². The molecule has 1 rings (SSSR count). The second-order valence-electron chi connectivity index (χ2n) is 3.56. The van der Waals surface area contributed by atoms with Gasteiger partial charge in [-0.25, -0.2) is 4.89 Å². The van der Waals surface area contributed by atoms with Gasteiger partial charge < -0.3 is 0 Å². The van der Waals surface area contributed by atoms with Crippen molar-refractivity contribution in [2.75, 3.05) is 6.61 Å². The Morgan fingerprint density at radius 1 is 1.50 bits per heavy atom. The Bertz CT molecular complexity index is 154. The molecule has 0 amide bonds. The molecule has 0 radical (unpaired) electrons. The van der Waals surface area contributed by atoms with Crippen LogP contribution in [0.3, 0.4) is 0 Å². The zero-order valence-electron chi connectivity index (χ0n) is 7.45. The van der Waals surface area contributed by atoms with Gasteiger partial charge in [-0.05, 0) is 25.7 Å². The lowest BCUT2D eigenvalue weighted by atomic mass is 9.78. The Balaban J connectivity index is 2.48. The van der Waals surface area contributed by atoms with Gasteiger partial charge in [-0.3, -0.25) is 10.1 Å². The quantitative estimate of drug-likeness (QED) is 0.522. The number of carbonyl (C=O) groups excluding carboxylic acids is 1. The van der Waals surface area contributed by atoms with Crippen LogP contribution in [0.1, 0.15) is 32.6 Å². The van der Waals surface area contributed by atoms with Crippen molar-refractivity contribution in [3.05, 3.63) is 0 Å². The molecule has 0 aromatic heterocycles. The molecule has 1 aliphatic carbocycles. The second-order valence-corrected chi connectivity index (χ2v) is 3.56. The third kappa shape index (κ3) is 2.29. The summed E-state index contributed by atoms with van der Waals surface area (Å²) in [4.78, 5) is 15.3. The van der Waals surface area contributed by atoms with Crippen molar-refractivity contribution in [3.8, 4) is 0 Å². The van der Waals surface area contributed by atoms with Crippen LogP contribution >= 0.6 is 0 Å². The molecule has 0 aromatic carbocycles. The fourth-order valence-electron chi connectivity index (χ4n) is 2.04. The molecule has 3 heteroatoms. The first kappa shape index (κ1) is 9.68. The van der Waals surface area contributed by atoms with E-state index >= 15 is 0 Å². The Hall–Kier alpha value is -0.410. The summed E-state index contributed by atoms with van der Waals surface area (Å²) in [6.45, 7) is 1.94. The zero-order valence-corrected chi connectivity index (χ0v) is 7.45. The summed E-state index contributed by atoms with van der Waals surface area (Å²) in [6.07, 6.45) is 4.25. The van der Waals surface area contributed by atoms with Gasteiger partial charge in [0.25, 0.3) is 0 Å². The number of hydrogen-bond donors (Lipinski definition) is 1. The fraction of sp³-hybridized carbons (Fsp3) is 0.889. The topological polar surface area (TPSA) is 46.5 Å². The van der Waals surface area contributed by atoms with Crippen LogP contribution in [0.25, 0.3) is 0 Å². The smallest absolute Gasteiger partial charge is 0.133 e. The minimum absolute atomic E-state index is 0.117. The zero-order chi connectivity index (χ0) is 8.97. The van der Waals surface area contributed by atoms with Gasteiger partial charge in [0.2, 0.25) is 0 Å². The third-order valence-corrected chi connectivity index (χ3v) is 2.72. The number of carbonyl (C=O) groups is 1. The molecule has 70 valence electrons. The Labute approximate surface area is 72.7 Å². The molecular formula is C9H16O3. The molecule has 1 saturated carbocycles. The molecule has 0 spiro atoms. The molecular weight excluding hydrogens is 156 g/mol. The average Bonchev–Trinajstić information content (AvgIpc) is 2.05. The maximum Gasteiger partial charge on any atom is 0.133 e. The Morgan fingerprint density at radius 3 is 2.75 bits per heavy atom. The monoisotopic (exact) mass is 172 g/mol. The van der Waals surface area contributed by atoms with E-state index in [1.165, 1.54) is 0 Å². The molecule has 0 aromatic rings. The summed E-state index contributed by atoms with van der Waals surface area (Å²) in [6, 6.07) is 0. The number of rotatable bonds is 3. The molecule has 0 saturated heterocycles. The summed E-state index contributed by atoms with van der Waals surface area (Å²) < 4.78 is 0. The van der Waals surface area contributed by atoms with Gasteiger partial charge in [-0.1, -0.05) is 12.8 Å². The Morgan fingerprint density at radius 2 is 2.17 bits per heavy atom. The summed E-state index contributed by atoms with van der Waals surface area (Å²) in [5.41, 5.74) is 0. The van der Waals surface area contributed by atoms with Gasteiger partial charge >= 0.3 is 0 Å². The van der Waals surface area contributed by atoms with E-state index in [1.807, 2.05) is 0 Å². The molecule has 1 fully saturated rings. The normalized spacial score (nSPS) is 30.2. The minimum Gasteiger partial charge on any atom is -0.300 e. The van der Waals surface area contributed by atoms with Crippen LogP contribution in [0.4, 0.5) is 0 Å². The highest BCUT2D eigenvalue weighted by molar-refractivity contribution is 5.78. The molecule has 2 unspecified atom stereocenters. The molecule has 0 bridgehead atoms. The van der Waals surface area contributed by atoms with E-state index in [1.54, 1.807) is 6.92 Å². The summed E-state index contributed by atoms with van der Waals surface area (Å²) in [5.74, 6) is 0.587. The summed E-state index contributed by atoms with van der Waals surface area (Å²) >= 11 is 0. The van der Waals surface area contributed by atoms with Crippen LogP contribution in [-0.2, 0) is 9.68 Å². The molecule has 2 atom stereocenters. The van der Waals surface area contributed by atoms with Crippen LogP contribution in [0.5, 0.6) is 0 Å². The van der Waals surface area contributed by atoms with Crippen LogP contribution in [0.2, 0.25) is 0 Å². The van der Waals surface area contributed by atoms with Crippen LogP contribution in [0.15, 0.2) is 0 Å². The first-order chi connectivity index (χ1) is 5.75. The predicted molar refractivity (Wildman–Crippen MR) is 44.7 cm³/mol. The van der Waals surface area contributed by atoms with Crippen molar-refractivity contribution in [2.24, 2.45) is 11.8 Å². The number of hydrogen-bond acceptors (Lipinski definition) is 3. The third-order valence-electron chi connectivity index (χ3n) is 2.72. The largest absolute Gasteiger partial charge is 0.300 e. The highest BCUT2D eigenvalue weighted by Crippen LogP contribution is 2.30. The summed E-state index contributed by atoms with van der Waals surface area (Å²) in [7, 11) is 0. The molecule has 1 aliphatic rings. The van der Waals surface area contributed by atoms with Crippen LogP contribution in [-0.4, -0.2) is 17.6 Å². The maximum absolute atomic E-state index is 11.1. The van der Waals surface area contributed by atoms with Crippen LogP contribution < -0.4 is 0 Å². The van der Waals surface area contributed by atoms with Gasteiger partial charge in [-0.15, -0.1) is 0 Å². The van der Waals surface area contributed by atoms with E-state index in [0.717, 1.165) is 25.7 Å². The molecule has 12 heavy (non-hydrogen) atoms. The Kier molecular flexibility index (Phi) is 3.69. The van der Waals surface area contributed by atoms with E-state index in [9.17, 15) is 4.79 Å². The maximum atomic E-state index is 11.1. The molecule has 3 nitrogen and oxygen atoms in total. The van der Waals surface area contributed by atoms with Crippen molar-refractivity contribution < 1.29 is 14.9 Å². The van der Waals surface area contributed by atoms with E-state index in [0.29, 0.717) is 6.61 Å². The lowest BCUT2D eigenvalue weighted by molar-refractivity contribution is -0.254. The van der Waals surface area contributed by atoms with Crippen LogP contribution in [0, 0.1) is 11.8 Å². The SMILES string of the molecule is CC(=O)C1CCCCC1COO. The van der Waals surface area contributed by atoms with Crippen molar-refractivity contribution in [1.29, 1.82) is 0 Å². The van der Waals surface area contributed by atoms with Gasteiger partial charge in [0.05, 0.1) is 6.61 Å². The van der Waals surface area contributed by atoms with Gasteiger partial charge in [0.15, 0.2) is 0 Å². The second kappa shape index (κ2) is 4.58. The first-order valence-electron chi connectivity index (χ1n) is 4.52. The van der Waals surface area contributed by atoms with Gasteiger partial charge in [0, 0.05) is 5.92 Å². The molecule has 1 N–H and O–H groups in total. The number of ketones is 1.